The van der Waals surface area contributed by atoms with Gasteiger partial charge in [-0.15, -0.1) is 0 Å². The number of hydrogen-bond donors (Lipinski definition) is 1. The summed E-state index contributed by atoms with van der Waals surface area (Å²) in [4.78, 5) is 19.5. The molecule has 1 aromatic heterocycles. The molecule has 1 fully saturated rings. The smallest absolute Gasteiger partial charge is 0.241 e. The van der Waals surface area contributed by atoms with Gasteiger partial charge in [0.25, 0.3) is 0 Å². The van der Waals surface area contributed by atoms with Gasteiger partial charge in [-0.1, -0.05) is 47.6 Å². The Bertz CT molecular complexity index is 1080. The number of hydrogen-bond acceptors (Lipinski definition) is 6. The van der Waals surface area contributed by atoms with Crippen LogP contribution in [0.25, 0.3) is 11.4 Å². The first-order valence-electron chi connectivity index (χ1n) is 10.6. The van der Waals surface area contributed by atoms with Crippen molar-refractivity contribution >= 4 is 23.2 Å². The van der Waals surface area contributed by atoms with E-state index >= 15 is 0 Å². The highest BCUT2D eigenvalue weighted by Crippen LogP contribution is 2.26. The van der Waals surface area contributed by atoms with Gasteiger partial charge in [-0.25, -0.2) is 0 Å². The van der Waals surface area contributed by atoms with Crippen molar-refractivity contribution in [2.24, 2.45) is 5.92 Å². The van der Waals surface area contributed by atoms with E-state index < -0.39 is 0 Å². The summed E-state index contributed by atoms with van der Waals surface area (Å²) < 4.78 is 11.0. The van der Waals surface area contributed by atoms with Crippen molar-refractivity contribution in [1.29, 1.82) is 0 Å². The van der Waals surface area contributed by atoms with Crippen molar-refractivity contribution in [2.45, 2.75) is 19.4 Å². The normalized spacial score (nSPS) is 16.5. The number of likely N-dealkylation sites (tertiary alicyclic amines) is 1. The number of rotatable bonds is 8. The Morgan fingerprint density at radius 2 is 2.19 bits per heavy atom. The van der Waals surface area contributed by atoms with Gasteiger partial charge in [0, 0.05) is 23.9 Å². The predicted molar refractivity (Wildman–Crippen MR) is 124 cm³/mol. The van der Waals surface area contributed by atoms with Crippen LogP contribution in [0.1, 0.15) is 18.7 Å². The predicted octanol–water partition coefficient (Wildman–Crippen LogP) is 4.81. The number of benzene rings is 2. The molecule has 0 bridgehead atoms. The highest BCUT2D eigenvalue weighted by atomic mass is 35.5. The average molecular weight is 453 g/mol. The highest BCUT2D eigenvalue weighted by molar-refractivity contribution is 6.33. The van der Waals surface area contributed by atoms with E-state index in [1.165, 1.54) is 0 Å². The number of halogens is 1. The summed E-state index contributed by atoms with van der Waals surface area (Å²) >= 11 is 6.23. The van der Waals surface area contributed by atoms with Crippen LogP contribution in [0.5, 0.6) is 5.75 Å². The van der Waals surface area contributed by atoms with Crippen molar-refractivity contribution in [2.75, 3.05) is 25.0 Å². The molecule has 32 heavy (non-hydrogen) atoms. The first-order valence-corrected chi connectivity index (χ1v) is 10.9. The molecule has 7 nitrogen and oxygen atoms in total. The Kier molecular flexibility index (Phi) is 7.19. The molecule has 1 saturated heterocycles. The van der Waals surface area contributed by atoms with Gasteiger partial charge in [0.05, 0.1) is 17.5 Å². The summed E-state index contributed by atoms with van der Waals surface area (Å²) in [5, 5.41) is 7.64. The molecule has 1 aliphatic rings. The fourth-order valence-electron chi connectivity index (χ4n) is 3.74. The minimum absolute atomic E-state index is 0.00199. The van der Waals surface area contributed by atoms with E-state index in [2.05, 4.69) is 26.9 Å². The summed E-state index contributed by atoms with van der Waals surface area (Å²) in [6.45, 7) is 6.06. The summed E-state index contributed by atoms with van der Waals surface area (Å²) in [7, 11) is 0. The van der Waals surface area contributed by atoms with Gasteiger partial charge in [0.2, 0.25) is 17.6 Å². The number of anilines is 1. The molecule has 4 rings (SSSR count). The van der Waals surface area contributed by atoms with Crippen molar-refractivity contribution in [3.8, 4) is 17.1 Å². The lowest BCUT2D eigenvalue weighted by Gasteiger charge is -2.30. The third-order valence-corrected chi connectivity index (χ3v) is 5.62. The van der Waals surface area contributed by atoms with Crippen LogP contribution in [0.15, 0.2) is 65.7 Å². The van der Waals surface area contributed by atoms with Crippen molar-refractivity contribution < 1.29 is 14.1 Å². The second-order valence-electron chi connectivity index (χ2n) is 7.68. The fraction of sp³-hybridized carbons (Fsp3) is 0.292. The van der Waals surface area contributed by atoms with Gasteiger partial charge in [-0.3, -0.25) is 9.69 Å². The number of carbonyl (C=O) groups is 1. The molecule has 1 aliphatic heterocycles. The zero-order chi connectivity index (χ0) is 22.3. The van der Waals surface area contributed by atoms with Crippen molar-refractivity contribution in [3.05, 3.63) is 72.1 Å². The van der Waals surface area contributed by atoms with Crippen LogP contribution in [-0.4, -0.2) is 40.6 Å². The van der Waals surface area contributed by atoms with Crippen molar-refractivity contribution in [1.82, 2.24) is 15.0 Å². The second kappa shape index (κ2) is 10.4. The van der Waals surface area contributed by atoms with E-state index in [1.807, 2.05) is 42.5 Å². The van der Waals surface area contributed by atoms with E-state index in [4.69, 9.17) is 20.9 Å². The highest BCUT2D eigenvalue weighted by Gasteiger charge is 2.27. The molecule has 1 atom stereocenters. The van der Waals surface area contributed by atoms with Crippen LogP contribution in [0, 0.1) is 5.92 Å². The lowest BCUT2D eigenvalue weighted by atomic mass is 9.97. The molecule has 1 unspecified atom stereocenters. The van der Waals surface area contributed by atoms with E-state index in [-0.39, 0.29) is 11.8 Å². The third kappa shape index (κ3) is 5.55. The maximum atomic E-state index is 12.9. The maximum Gasteiger partial charge on any atom is 0.241 e. The quantitative estimate of drug-likeness (QED) is 0.494. The van der Waals surface area contributed by atoms with Crippen LogP contribution < -0.4 is 10.1 Å². The Balaban J connectivity index is 1.35. The van der Waals surface area contributed by atoms with E-state index in [9.17, 15) is 4.79 Å². The molecule has 0 spiro atoms. The molecule has 0 aliphatic carbocycles. The average Bonchev–Trinajstić information content (AvgIpc) is 3.26. The number of aromatic nitrogens is 2. The second-order valence-corrected chi connectivity index (χ2v) is 8.09. The SMILES string of the molecule is C=CCOc1cccc(NC(=O)C2CCCN(Cc3nc(-c4ccccc4Cl)no3)C2)c1. The molecule has 2 heterocycles. The number of ether oxygens (including phenoxy) is 1. The molecule has 1 N–H and O–H groups in total. The largest absolute Gasteiger partial charge is 0.489 e. The topological polar surface area (TPSA) is 80.5 Å². The molecular weight excluding hydrogens is 428 g/mol. The Labute approximate surface area is 192 Å². The van der Waals surface area contributed by atoms with Gasteiger partial charge < -0.3 is 14.6 Å². The summed E-state index contributed by atoms with van der Waals surface area (Å²) in [6, 6.07) is 14.8. The number of nitrogens with zero attached hydrogens (tertiary/aromatic N) is 3. The number of nitrogens with one attached hydrogen (secondary N) is 1. The monoisotopic (exact) mass is 452 g/mol. The Hall–Kier alpha value is -3.16. The van der Waals surface area contributed by atoms with Crippen LogP contribution in [0.4, 0.5) is 5.69 Å². The molecule has 3 aromatic rings. The molecule has 8 heteroatoms. The zero-order valence-corrected chi connectivity index (χ0v) is 18.4. The van der Waals surface area contributed by atoms with Crippen LogP contribution in [-0.2, 0) is 11.3 Å². The van der Waals surface area contributed by atoms with Gasteiger partial charge in [-0.05, 0) is 43.7 Å². The molecule has 1 amide bonds. The fourth-order valence-corrected chi connectivity index (χ4v) is 3.96. The van der Waals surface area contributed by atoms with E-state index in [1.54, 1.807) is 12.1 Å². The van der Waals surface area contributed by atoms with Gasteiger partial charge in [-0.2, -0.15) is 4.98 Å². The number of amides is 1. The first-order chi connectivity index (χ1) is 15.6. The summed E-state index contributed by atoms with van der Waals surface area (Å²) in [5.74, 6) is 1.55. The molecule has 2 aromatic carbocycles. The van der Waals surface area contributed by atoms with Crippen molar-refractivity contribution in [3.63, 3.8) is 0 Å². The van der Waals surface area contributed by atoms with Gasteiger partial charge >= 0.3 is 0 Å². The third-order valence-electron chi connectivity index (χ3n) is 5.29. The Morgan fingerprint density at radius 1 is 1.31 bits per heavy atom. The van der Waals surface area contributed by atoms with Gasteiger partial charge in [0.1, 0.15) is 12.4 Å². The van der Waals surface area contributed by atoms with E-state index in [0.717, 1.165) is 30.6 Å². The van der Waals surface area contributed by atoms with Crippen LogP contribution >= 0.6 is 11.6 Å². The molecule has 166 valence electrons. The number of carbonyl (C=O) groups excluding carboxylic acids is 1. The number of piperidine rings is 1. The minimum atomic E-state index is -0.118. The van der Waals surface area contributed by atoms with Crippen LogP contribution in [0.2, 0.25) is 5.02 Å². The standard InChI is InChI=1S/C24H25ClN4O3/c1-2-13-31-19-9-5-8-18(14-19)26-24(30)17-7-6-12-29(15-17)16-22-27-23(28-32-22)20-10-3-4-11-21(20)25/h2-5,8-11,14,17H,1,6-7,12-13,15-16H2,(H,26,30). The van der Waals surface area contributed by atoms with Crippen LogP contribution in [0.3, 0.4) is 0 Å². The Morgan fingerprint density at radius 3 is 3.03 bits per heavy atom. The lowest BCUT2D eigenvalue weighted by molar-refractivity contribution is -0.121. The summed E-state index contributed by atoms with van der Waals surface area (Å²) in [6.07, 6.45) is 3.44. The first kappa shape index (κ1) is 22.0. The zero-order valence-electron chi connectivity index (χ0n) is 17.7. The molecule has 0 saturated carbocycles. The molecule has 0 radical (unpaired) electrons. The van der Waals surface area contributed by atoms with E-state index in [0.29, 0.717) is 42.2 Å². The van der Waals surface area contributed by atoms with Gasteiger partial charge in [0.15, 0.2) is 0 Å². The molecular formula is C24H25ClN4O3. The maximum absolute atomic E-state index is 12.9. The lowest BCUT2D eigenvalue weighted by Crippen LogP contribution is -2.40. The summed E-state index contributed by atoms with van der Waals surface area (Å²) in [5.41, 5.74) is 1.45. The minimum Gasteiger partial charge on any atom is -0.489 e.